The van der Waals surface area contributed by atoms with Crippen LogP contribution in [0.25, 0.3) is 11.7 Å². The van der Waals surface area contributed by atoms with Gasteiger partial charge >= 0.3 is 0 Å². The Balaban J connectivity index is 2.12. The number of hydrogen-bond donors (Lipinski definition) is 1. The van der Waals surface area contributed by atoms with Crippen LogP contribution in [0.2, 0.25) is 10.0 Å². The van der Waals surface area contributed by atoms with Gasteiger partial charge in [-0.15, -0.1) is 0 Å². The SMILES string of the molecule is COCCCNC(=O)C(C#N)=Cc1c(Oc2ccc(Cl)cc2Cl)nc2c(C)cccn2c1=O. The summed E-state index contributed by atoms with van der Waals surface area (Å²) in [4.78, 5) is 30.2. The van der Waals surface area contributed by atoms with Crippen LogP contribution in [0, 0.1) is 18.3 Å². The Morgan fingerprint density at radius 2 is 2.12 bits per heavy atom. The van der Waals surface area contributed by atoms with Gasteiger partial charge in [-0.25, -0.2) is 0 Å². The number of nitrogens with one attached hydrogen (secondary N) is 1. The smallest absolute Gasteiger partial charge is 0.269 e. The number of amides is 1. The molecule has 10 heteroatoms. The van der Waals surface area contributed by atoms with Crippen molar-refractivity contribution in [2.75, 3.05) is 20.3 Å². The molecule has 0 bridgehead atoms. The van der Waals surface area contributed by atoms with Crippen molar-refractivity contribution in [3.8, 4) is 17.7 Å². The van der Waals surface area contributed by atoms with Crippen LogP contribution in [-0.2, 0) is 9.53 Å². The zero-order chi connectivity index (χ0) is 24.0. The number of carbonyl (C=O) groups excluding carboxylic acids is 1. The molecule has 2 heterocycles. The number of nitrogens with zero attached hydrogens (tertiary/aromatic N) is 3. The second-order valence-corrected chi connectivity index (χ2v) is 7.81. The predicted molar refractivity (Wildman–Crippen MR) is 126 cm³/mol. The molecule has 0 aliphatic carbocycles. The number of pyridine rings is 1. The number of nitriles is 1. The number of aryl methyl sites for hydroxylation is 1. The fourth-order valence-electron chi connectivity index (χ4n) is 2.96. The molecule has 0 radical (unpaired) electrons. The molecule has 8 nitrogen and oxygen atoms in total. The zero-order valence-corrected chi connectivity index (χ0v) is 19.4. The molecule has 170 valence electrons. The number of halogens is 2. The highest BCUT2D eigenvalue weighted by Crippen LogP contribution is 2.32. The zero-order valence-electron chi connectivity index (χ0n) is 17.9. The number of fused-ring (bicyclic) bond motifs is 1. The van der Waals surface area contributed by atoms with Crippen molar-refractivity contribution in [2.24, 2.45) is 0 Å². The first-order chi connectivity index (χ1) is 15.8. The van der Waals surface area contributed by atoms with E-state index < -0.39 is 11.5 Å². The van der Waals surface area contributed by atoms with Crippen LogP contribution in [-0.4, -0.2) is 35.6 Å². The lowest BCUT2D eigenvalue weighted by Crippen LogP contribution is -2.27. The van der Waals surface area contributed by atoms with Crippen LogP contribution in [0.4, 0.5) is 0 Å². The van der Waals surface area contributed by atoms with Crippen LogP contribution in [0.1, 0.15) is 17.5 Å². The van der Waals surface area contributed by atoms with E-state index >= 15 is 0 Å². The first-order valence-corrected chi connectivity index (χ1v) is 10.6. The van der Waals surface area contributed by atoms with Gasteiger partial charge in [0.15, 0.2) is 0 Å². The number of ether oxygens (including phenoxy) is 2. The van der Waals surface area contributed by atoms with Crippen molar-refractivity contribution in [3.63, 3.8) is 0 Å². The average Bonchev–Trinajstić information content (AvgIpc) is 2.79. The fraction of sp³-hybridized carbons (Fsp3) is 0.217. The maximum Gasteiger partial charge on any atom is 0.269 e. The number of carbonyl (C=O) groups is 1. The second-order valence-electron chi connectivity index (χ2n) is 6.97. The van der Waals surface area contributed by atoms with E-state index in [1.807, 2.05) is 6.07 Å². The Hall–Kier alpha value is -3.38. The Morgan fingerprint density at radius 3 is 2.82 bits per heavy atom. The minimum atomic E-state index is -0.627. The van der Waals surface area contributed by atoms with Crippen molar-refractivity contribution in [2.45, 2.75) is 13.3 Å². The molecule has 3 aromatic rings. The number of hydrogen-bond acceptors (Lipinski definition) is 6. The highest BCUT2D eigenvalue weighted by atomic mass is 35.5. The highest BCUT2D eigenvalue weighted by Gasteiger charge is 2.18. The largest absolute Gasteiger partial charge is 0.437 e. The quantitative estimate of drug-likeness (QED) is 0.291. The van der Waals surface area contributed by atoms with Gasteiger partial charge in [-0.2, -0.15) is 10.2 Å². The van der Waals surface area contributed by atoms with E-state index in [4.69, 9.17) is 32.7 Å². The molecule has 3 rings (SSSR count). The maximum atomic E-state index is 13.3. The van der Waals surface area contributed by atoms with Gasteiger partial charge in [0.05, 0.1) is 5.02 Å². The minimum absolute atomic E-state index is 0.0762. The fourth-order valence-corrected chi connectivity index (χ4v) is 3.41. The normalized spacial score (nSPS) is 11.3. The van der Waals surface area contributed by atoms with Crippen LogP contribution in [0.5, 0.6) is 11.6 Å². The van der Waals surface area contributed by atoms with Crippen molar-refractivity contribution < 1.29 is 14.3 Å². The highest BCUT2D eigenvalue weighted by molar-refractivity contribution is 6.35. The molecule has 1 aromatic carbocycles. The standard InChI is InChI=1S/C23H20Cl2N4O4/c1-14-5-3-9-29-20(14)28-22(33-19-7-6-16(24)12-18(19)25)17(23(29)31)11-15(13-26)21(30)27-8-4-10-32-2/h3,5-7,9,11-12H,4,8,10H2,1-2H3,(H,27,30). The van der Waals surface area contributed by atoms with Crippen LogP contribution >= 0.6 is 23.2 Å². The van der Waals surface area contributed by atoms with Crippen LogP contribution in [0.3, 0.4) is 0 Å². The average molecular weight is 487 g/mol. The van der Waals surface area contributed by atoms with Gasteiger partial charge in [0.2, 0.25) is 5.88 Å². The van der Waals surface area contributed by atoms with E-state index in [-0.39, 0.29) is 27.8 Å². The molecule has 0 spiro atoms. The summed E-state index contributed by atoms with van der Waals surface area (Å²) in [5.41, 5.74) is 0.234. The van der Waals surface area contributed by atoms with Gasteiger partial charge in [0, 0.05) is 31.5 Å². The number of aromatic nitrogens is 2. The van der Waals surface area contributed by atoms with Gasteiger partial charge in [-0.1, -0.05) is 29.3 Å². The van der Waals surface area contributed by atoms with Gasteiger partial charge in [0.25, 0.3) is 11.5 Å². The Bertz CT molecular complexity index is 1330. The van der Waals surface area contributed by atoms with Crippen molar-refractivity contribution in [3.05, 3.63) is 73.6 Å². The summed E-state index contributed by atoms with van der Waals surface area (Å²) in [6.45, 7) is 2.56. The third-order valence-corrected chi connectivity index (χ3v) is 5.14. The summed E-state index contributed by atoms with van der Waals surface area (Å²) in [5, 5.41) is 12.8. The van der Waals surface area contributed by atoms with E-state index in [0.29, 0.717) is 30.2 Å². The topological polar surface area (TPSA) is 106 Å². The third-order valence-electron chi connectivity index (χ3n) is 4.61. The Morgan fingerprint density at radius 1 is 1.33 bits per heavy atom. The van der Waals surface area contributed by atoms with Crippen molar-refractivity contribution >= 4 is 40.8 Å². The molecule has 0 aliphatic heterocycles. The summed E-state index contributed by atoms with van der Waals surface area (Å²) in [5.74, 6) is -0.514. The molecule has 2 aromatic heterocycles. The number of benzene rings is 1. The summed E-state index contributed by atoms with van der Waals surface area (Å²) in [6, 6.07) is 9.92. The van der Waals surface area contributed by atoms with Gasteiger partial charge < -0.3 is 14.8 Å². The molecule has 0 fully saturated rings. The summed E-state index contributed by atoms with van der Waals surface area (Å²) in [6.07, 6.45) is 3.28. The maximum absolute atomic E-state index is 13.3. The minimum Gasteiger partial charge on any atom is -0.437 e. The van der Waals surface area contributed by atoms with E-state index in [9.17, 15) is 14.9 Å². The number of methoxy groups -OCH3 is 1. The van der Waals surface area contributed by atoms with Crippen LogP contribution < -0.4 is 15.6 Å². The van der Waals surface area contributed by atoms with Gasteiger partial charge in [-0.05, 0) is 49.2 Å². The summed E-state index contributed by atoms with van der Waals surface area (Å²) in [7, 11) is 1.55. The van der Waals surface area contributed by atoms with E-state index in [2.05, 4.69) is 10.3 Å². The van der Waals surface area contributed by atoms with Crippen LogP contribution in [0.15, 0.2) is 46.9 Å². The molecule has 33 heavy (non-hydrogen) atoms. The lowest BCUT2D eigenvalue weighted by atomic mass is 10.1. The second kappa shape index (κ2) is 11.0. The molecule has 0 aliphatic rings. The molecule has 0 atom stereocenters. The van der Waals surface area contributed by atoms with Gasteiger partial charge in [-0.3, -0.25) is 14.0 Å². The molecule has 1 amide bonds. The first-order valence-electron chi connectivity index (χ1n) is 9.89. The molecule has 0 saturated carbocycles. The van der Waals surface area contributed by atoms with Crippen molar-refractivity contribution in [1.29, 1.82) is 5.26 Å². The molecular weight excluding hydrogens is 467 g/mol. The third kappa shape index (κ3) is 5.71. The predicted octanol–water partition coefficient (Wildman–Crippen LogP) is 4.16. The van der Waals surface area contributed by atoms with E-state index in [1.165, 1.54) is 16.5 Å². The molecule has 1 N–H and O–H groups in total. The first kappa shape index (κ1) is 24.3. The van der Waals surface area contributed by atoms with E-state index in [0.717, 1.165) is 11.6 Å². The Labute approximate surface area is 200 Å². The monoisotopic (exact) mass is 486 g/mol. The lowest BCUT2D eigenvalue weighted by Gasteiger charge is -2.12. The lowest BCUT2D eigenvalue weighted by molar-refractivity contribution is -0.117. The molecule has 0 saturated heterocycles. The van der Waals surface area contributed by atoms with E-state index in [1.54, 1.807) is 38.4 Å². The van der Waals surface area contributed by atoms with Crippen molar-refractivity contribution in [1.82, 2.24) is 14.7 Å². The molecular formula is C23H20Cl2N4O4. The summed E-state index contributed by atoms with van der Waals surface area (Å²) >= 11 is 12.2. The molecule has 0 unspecified atom stereocenters. The summed E-state index contributed by atoms with van der Waals surface area (Å²) < 4.78 is 12.1. The van der Waals surface area contributed by atoms with Gasteiger partial charge in [0.1, 0.15) is 28.6 Å². The number of rotatable bonds is 8. The Kier molecular flexibility index (Phi) is 8.06.